The van der Waals surface area contributed by atoms with Crippen LogP contribution in [0.15, 0.2) is 53.4 Å². The zero-order chi connectivity index (χ0) is 22.2. The number of hydrogen-bond donors (Lipinski definition) is 3. The summed E-state index contributed by atoms with van der Waals surface area (Å²) in [6.07, 6.45) is 1.15. The number of carbonyl (C=O) groups is 2. The van der Waals surface area contributed by atoms with Crippen molar-refractivity contribution in [2.24, 2.45) is 5.92 Å². The summed E-state index contributed by atoms with van der Waals surface area (Å²) >= 11 is 0. The SMILES string of the molecule is CC(=O)Nc1ccc(S(=O)(=O)N2C[C@@H](CO)[C@@]3(CCc4ccccc4C(=O)N3)C2)cc1. The van der Waals surface area contributed by atoms with Gasteiger partial charge in [-0.05, 0) is 48.7 Å². The lowest BCUT2D eigenvalue weighted by molar-refractivity contribution is -0.114. The number of aliphatic hydroxyl groups excluding tert-OH is 1. The molecule has 0 unspecified atom stereocenters. The second-order valence-corrected chi connectivity index (χ2v) is 10.1. The molecule has 0 aliphatic carbocycles. The molecule has 0 bridgehead atoms. The molecule has 8 nitrogen and oxygen atoms in total. The number of amides is 2. The summed E-state index contributed by atoms with van der Waals surface area (Å²) in [4.78, 5) is 24.2. The number of rotatable bonds is 4. The molecule has 3 N–H and O–H groups in total. The van der Waals surface area contributed by atoms with Crippen LogP contribution in [0, 0.1) is 5.92 Å². The van der Waals surface area contributed by atoms with Gasteiger partial charge in [-0.3, -0.25) is 9.59 Å². The van der Waals surface area contributed by atoms with Crippen LogP contribution in [-0.4, -0.2) is 54.9 Å². The van der Waals surface area contributed by atoms with Gasteiger partial charge in [0.1, 0.15) is 0 Å². The Bertz CT molecular complexity index is 1120. The summed E-state index contributed by atoms with van der Waals surface area (Å²) in [6, 6.07) is 13.3. The van der Waals surface area contributed by atoms with Crippen molar-refractivity contribution in [2.75, 3.05) is 25.0 Å². The van der Waals surface area contributed by atoms with E-state index in [1.54, 1.807) is 12.1 Å². The van der Waals surface area contributed by atoms with Gasteiger partial charge in [0.25, 0.3) is 5.91 Å². The Morgan fingerprint density at radius 3 is 2.61 bits per heavy atom. The number of nitrogens with zero attached hydrogens (tertiary/aromatic N) is 1. The summed E-state index contributed by atoms with van der Waals surface area (Å²) in [7, 11) is -3.84. The molecule has 0 aromatic heterocycles. The quantitative estimate of drug-likeness (QED) is 0.660. The summed E-state index contributed by atoms with van der Waals surface area (Å²) in [6.45, 7) is 1.35. The Balaban J connectivity index is 1.61. The summed E-state index contributed by atoms with van der Waals surface area (Å²) in [5.41, 5.74) is 1.18. The molecule has 2 atom stereocenters. The maximum atomic E-state index is 13.3. The van der Waals surface area contributed by atoms with E-state index in [4.69, 9.17) is 0 Å². The average molecular weight is 444 g/mol. The van der Waals surface area contributed by atoms with E-state index in [2.05, 4.69) is 10.6 Å². The lowest BCUT2D eigenvalue weighted by Crippen LogP contribution is -2.54. The van der Waals surface area contributed by atoms with Gasteiger partial charge in [-0.15, -0.1) is 0 Å². The van der Waals surface area contributed by atoms with E-state index in [-0.39, 0.29) is 36.4 Å². The van der Waals surface area contributed by atoms with E-state index in [0.717, 1.165) is 5.56 Å². The molecule has 1 fully saturated rings. The summed E-state index contributed by atoms with van der Waals surface area (Å²) in [5.74, 6) is -0.905. The predicted molar refractivity (Wildman–Crippen MR) is 115 cm³/mol. The largest absolute Gasteiger partial charge is 0.396 e. The van der Waals surface area contributed by atoms with Crippen LogP contribution in [0.3, 0.4) is 0 Å². The van der Waals surface area contributed by atoms with Gasteiger partial charge in [-0.2, -0.15) is 4.31 Å². The third-order valence-corrected chi connectivity index (χ3v) is 7.99. The second-order valence-electron chi connectivity index (χ2n) is 8.15. The molecule has 2 aliphatic heterocycles. The molecular formula is C22H25N3O5S. The first-order valence-electron chi connectivity index (χ1n) is 10.1. The molecule has 0 saturated carbocycles. The topological polar surface area (TPSA) is 116 Å². The van der Waals surface area contributed by atoms with Crippen molar-refractivity contribution in [2.45, 2.75) is 30.2 Å². The van der Waals surface area contributed by atoms with E-state index in [1.165, 1.54) is 35.5 Å². The number of sulfonamides is 1. The van der Waals surface area contributed by atoms with Crippen molar-refractivity contribution < 1.29 is 23.1 Å². The van der Waals surface area contributed by atoms with Crippen molar-refractivity contribution in [1.29, 1.82) is 0 Å². The van der Waals surface area contributed by atoms with Crippen LogP contribution in [0.1, 0.15) is 29.3 Å². The maximum absolute atomic E-state index is 13.3. The summed E-state index contributed by atoms with van der Waals surface area (Å²) < 4.78 is 27.9. The fourth-order valence-electron chi connectivity index (χ4n) is 4.51. The van der Waals surface area contributed by atoms with Crippen molar-refractivity contribution in [3.63, 3.8) is 0 Å². The van der Waals surface area contributed by atoms with Crippen molar-refractivity contribution in [3.05, 3.63) is 59.7 Å². The first kappa shape index (κ1) is 21.5. The molecule has 1 saturated heterocycles. The van der Waals surface area contributed by atoms with Crippen LogP contribution in [0.2, 0.25) is 0 Å². The number of benzene rings is 2. The molecule has 2 aromatic carbocycles. The van der Waals surface area contributed by atoms with Crippen molar-refractivity contribution in [3.8, 4) is 0 Å². The number of nitrogens with one attached hydrogen (secondary N) is 2. The van der Waals surface area contributed by atoms with Crippen molar-refractivity contribution >= 4 is 27.5 Å². The van der Waals surface area contributed by atoms with Crippen LogP contribution in [0.4, 0.5) is 5.69 Å². The molecule has 9 heteroatoms. The molecule has 2 amide bonds. The Hall–Kier alpha value is -2.75. The smallest absolute Gasteiger partial charge is 0.252 e. The van der Waals surface area contributed by atoms with Gasteiger partial charge < -0.3 is 15.7 Å². The Morgan fingerprint density at radius 2 is 1.94 bits per heavy atom. The van der Waals surface area contributed by atoms with Crippen LogP contribution in [0.25, 0.3) is 0 Å². The highest BCUT2D eigenvalue weighted by atomic mass is 32.2. The molecule has 4 rings (SSSR count). The van der Waals surface area contributed by atoms with E-state index < -0.39 is 21.5 Å². The number of hydrogen-bond acceptors (Lipinski definition) is 5. The van der Waals surface area contributed by atoms with E-state index in [1.807, 2.05) is 12.1 Å². The highest BCUT2D eigenvalue weighted by Gasteiger charge is 2.51. The lowest BCUT2D eigenvalue weighted by Gasteiger charge is -2.33. The number of aryl methyl sites for hydroxylation is 1. The first-order chi connectivity index (χ1) is 14.7. The predicted octanol–water partition coefficient (Wildman–Crippen LogP) is 1.37. The molecule has 2 aliphatic rings. The van der Waals surface area contributed by atoms with Crippen LogP contribution in [0.5, 0.6) is 0 Å². The third-order valence-electron chi connectivity index (χ3n) is 6.16. The van der Waals surface area contributed by atoms with Gasteiger partial charge in [0.05, 0.1) is 10.4 Å². The molecular weight excluding hydrogens is 418 g/mol. The normalized spacial score (nSPS) is 23.8. The zero-order valence-electron chi connectivity index (χ0n) is 17.2. The van der Waals surface area contributed by atoms with E-state index in [0.29, 0.717) is 24.1 Å². The minimum atomic E-state index is -3.84. The number of anilines is 1. The van der Waals surface area contributed by atoms with Crippen LogP contribution in [-0.2, 0) is 21.2 Å². The standard InChI is InChI=1S/C22H25N3O5S/c1-15(27)23-18-6-8-19(9-7-18)31(29,30)25-12-17(13-26)22(14-25)11-10-16-4-2-3-5-20(16)21(28)24-22/h2-9,17,26H,10-14H2,1H3,(H,23,27)(H,24,28)/t17-,22+/m0/s1. The highest BCUT2D eigenvalue weighted by molar-refractivity contribution is 7.89. The van der Waals surface area contributed by atoms with Crippen molar-refractivity contribution in [1.82, 2.24) is 9.62 Å². The molecule has 31 heavy (non-hydrogen) atoms. The minimum Gasteiger partial charge on any atom is -0.396 e. The minimum absolute atomic E-state index is 0.0910. The monoisotopic (exact) mass is 443 g/mol. The Labute approximate surface area is 181 Å². The van der Waals surface area contributed by atoms with Crippen LogP contribution >= 0.6 is 0 Å². The molecule has 1 spiro atoms. The fraction of sp³-hybridized carbons (Fsp3) is 0.364. The summed E-state index contributed by atoms with van der Waals surface area (Å²) in [5, 5.41) is 15.7. The molecule has 2 heterocycles. The first-order valence-corrected chi connectivity index (χ1v) is 11.6. The van der Waals surface area contributed by atoms with Gasteiger partial charge in [0.2, 0.25) is 15.9 Å². The molecule has 0 radical (unpaired) electrons. The Kier molecular flexibility index (Phi) is 5.59. The number of carbonyl (C=O) groups excluding carboxylic acids is 2. The van der Waals surface area contributed by atoms with Gasteiger partial charge in [-0.25, -0.2) is 8.42 Å². The number of fused-ring (bicyclic) bond motifs is 1. The van der Waals surface area contributed by atoms with Gasteiger partial charge in [0, 0.05) is 43.8 Å². The van der Waals surface area contributed by atoms with Gasteiger partial charge in [0.15, 0.2) is 0 Å². The number of aliphatic hydroxyl groups is 1. The molecule has 2 aromatic rings. The average Bonchev–Trinajstić information content (AvgIpc) is 3.04. The van der Waals surface area contributed by atoms with Gasteiger partial charge in [-0.1, -0.05) is 18.2 Å². The lowest BCUT2D eigenvalue weighted by atomic mass is 9.83. The van der Waals surface area contributed by atoms with Crippen LogP contribution < -0.4 is 10.6 Å². The van der Waals surface area contributed by atoms with E-state index in [9.17, 15) is 23.1 Å². The molecule has 164 valence electrons. The Morgan fingerprint density at radius 1 is 1.23 bits per heavy atom. The van der Waals surface area contributed by atoms with Gasteiger partial charge >= 0.3 is 0 Å². The highest BCUT2D eigenvalue weighted by Crippen LogP contribution is 2.37. The zero-order valence-corrected chi connectivity index (χ0v) is 18.0. The third kappa shape index (κ3) is 3.96. The second kappa shape index (κ2) is 8.07. The maximum Gasteiger partial charge on any atom is 0.252 e. The van der Waals surface area contributed by atoms with E-state index >= 15 is 0 Å². The fourth-order valence-corrected chi connectivity index (χ4v) is 6.06.